The smallest absolute Gasteiger partial charge is 0.253 e. The van der Waals surface area contributed by atoms with Crippen LogP contribution in [0.2, 0.25) is 0 Å². The number of anilines is 1. The molecule has 0 saturated carbocycles. The highest BCUT2D eigenvalue weighted by Crippen LogP contribution is 2.25. The molecule has 2 aromatic carbocycles. The zero-order valence-electron chi connectivity index (χ0n) is 17.3. The van der Waals surface area contributed by atoms with Gasteiger partial charge >= 0.3 is 0 Å². The van der Waals surface area contributed by atoms with Crippen molar-refractivity contribution in [1.29, 1.82) is 0 Å². The largest absolute Gasteiger partial charge is 0.365 e. The molecule has 2 heterocycles. The van der Waals surface area contributed by atoms with Gasteiger partial charge in [-0.1, -0.05) is 31.2 Å². The Balaban J connectivity index is 1.43. The third-order valence-electron chi connectivity index (χ3n) is 5.53. The first-order valence-corrected chi connectivity index (χ1v) is 11.1. The molecule has 1 aliphatic heterocycles. The summed E-state index contributed by atoms with van der Waals surface area (Å²) in [7, 11) is 0. The van der Waals surface area contributed by atoms with Crippen LogP contribution in [0.25, 0.3) is 11.3 Å². The maximum absolute atomic E-state index is 13.0. The zero-order chi connectivity index (χ0) is 20.4. The molecule has 0 aliphatic carbocycles. The Labute approximate surface area is 176 Å². The highest BCUT2D eigenvalue weighted by Gasteiger charge is 2.27. The van der Waals surface area contributed by atoms with E-state index in [1.807, 2.05) is 29.2 Å². The number of amides is 1. The average Bonchev–Trinajstić information content (AvgIpc) is 3.22. The minimum absolute atomic E-state index is 0.111. The standard InChI is InChI=1S/C24H27N3OS/c1-4-23-25-22(16-29-23)19-8-10-20(11-9-19)24(28)26-12-13-27(18(3)15-26)21-7-5-6-17(2)14-21/h5-11,14,16,18H,4,12-13,15H2,1-3H3/t18-/m1/s1. The number of nitrogens with zero attached hydrogens (tertiary/aromatic N) is 3. The SMILES string of the molecule is CCc1nc(-c2ccc(C(=O)N3CCN(c4cccc(C)c4)[C@H](C)C3)cc2)cs1. The number of thiazole rings is 1. The van der Waals surface area contributed by atoms with Crippen molar-refractivity contribution in [2.24, 2.45) is 0 Å². The molecule has 29 heavy (non-hydrogen) atoms. The maximum Gasteiger partial charge on any atom is 0.253 e. The van der Waals surface area contributed by atoms with Crippen molar-refractivity contribution in [1.82, 2.24) is 9.88 Å². The molecular weight excluding hydrogens is 378 g/mol. The number of carbonyl (C=O) groups excluding carboxylic acids is 1. The van der Waals surface area contributed by atoms with Crippen LogP contribution in [0.5, 0.6) is 0 Å². The molecule has 1 fully saturated rings. The summed E-state index contributed by atoms with van der Waals surface area (Å²) in [5.74, 6) is 0.111. The summed E-state index contributed by atoms with van der Waals surface area (Å²) in [5, 5.41) is 3.22. The quantitative estimate of drug-likeness (QED) is 0.611. The summed E-state index contributed by atoms with van der Waals surface area (Å²) in [6, 6.07) is 16.8. The lowest BCUT2D eigenvalue weighted by Crippen LogP contribution is -2.53. The van der Waals surface area contributed by atoms with Gasteiger partial charge in [0.15, 0.2) is 0 Å². The molecule has 0 N–H and O–H groups in total. The van der Waals surface area contributed by atoms with E-state index in [1.54, 1.807) is 11.3 Å². The lowest BCUT2D eigenvalue weighted by atomic mass is 10.1. The fourth-order valence-corrected chi connectivity index (χ4v) is 4.66. The lowest BCUT2D eigenvalue weighted by Gasteiger charge is -2.41. The van der Waals surface area contributed by atoms with Gasteiger partial charge in [-0.15, -0.1) is 11.3 Å². The molecule has 1 saturated heterocycles. The van der Waals surface area contributed by atoms with Gasteiger partial charge in [-0.25, -0.2) is 4.98 Å². The van der Waals surface area contributed by atoms with Crippen LogP contribution in [0.4, 0.5) is 5.69 Å². The van der Waals surface area contributed by atoms with Crippen molar-refractivity contribution >= 4 is 22.9 Å². The third kappa shape index (κ3) is 4.20. The van der Waals surface area contributed by atoms with E-state index in [1.165, 1.54) is 11.3 Å². The van der Waals surface area contributed by atoms with Crippen molar-refractivity contribution in [2.75, 3.05) is 24.5 Å². The highest BCUT2D eigenvalue weighted by molar-refractivity contribution is 7.09. The molecule has 5 heteroatoms. The summed E-state index contributed by atoms with van der Waals surface area (Å²) in [6.07, 6.45) is 0.952. The number of benzene rings is 2. The molecule has 0 unspecified atom stereocenters. The molecular formula is C24H27N3OS. The Bertz CT molecular complexity index is 995. The fourth-order valence-electron chi connectivity index (χ4n) is 3.90. The van der Waals surface area contributed by atoms with Crippen LogP contribution in [0, 0.1) is 6.92 Å². The average molecular weight is 406 g/mol. The van der Waals surface area contributed by atoms with Crippen molar-refractivity contribution in [3.63, 3.8) is 0 Å². The highest BCUT2D eigenvalue weighted by atomic mass is 32.1. The minimum atomic E-state index is 0.111. The second-order valence-electron chi connectivity index (χ2n) is 7.69. The van der Waals surface area contributed by atoms with Crippen molar-refractivity contribution in [3.8, 4) is 11.3 Å². The second kappa shape index (κ2) is 8.37. The normalized spacial score (nSPS) is 16.9. The first-order chi connectivity index (χ1) is 14.0. The van der Waals surface area contributed by atoms with E-state index in [0.717, 1.165) is 47.9 Å². The van der Waals surface area contributed by atoms with Gasteiger partial charge < -0.3 is 9.80 Å². The number of aryl methyl sites for hydroxylation is 2. The van der Waals surface area contributed by atoms with E-state index >= 15 is 0 Å². The summed E-state index contributed by atoms with van der Waals surface area (Å²) >= 11 is 1.69. The van der Waals surface area contributed by atoms with Crippen LogP contribution in [0.15, 0.2) is 53.9 Å². The van der Waals surface area contributed by atoms with Crippen LogP contribution in [-0.2, 0) is 6.42 Å². The predicted octanol–water partition coefficient (Wildman–Crippen LogP) is 5.03. The monoisotopic (exact) mass is 405 g/mol. The van der Waals surface area contributed by atoms with Gasteiger partial charge in [0.1, 0.15) is 0 Å². The van der Waals surface area contributed by atoms with E-state index in [4.69, 9.17) is 0 Å². The van der Waals surface area contributed by atoms with E-state index in [2.05, 4.69) is 60.3 Å². The molecule has 0 bridgehead atoms. The fraction of sp³-hybridized carbons (Fsp3) is 0.333. The minimum Gasteiger partial charge on any atom is -0.365 e. The van der Waals surface area contributed by atoms with Crippen LogP contribution >= 0.6 is 11.3 Å². The van der Waals surface area contributed by atoms with Gasteiger partial charge in [0.05, 0.1) is 10.7 Å². The Hall–Kier alpha value is -2.66. The number of aromatic nitrogens is 1. The molecule has 4 rings (SSSR count). The first kappa shape index (κ1) is 19.6. The molecule has 0 radical (unpaired) electrons. The number of piperazine rings is 1. The van der Waals surface area contributed by atoms with Crippen molar-refractivity contribution in [3.05, 3.63) is 70.0 Å². The van der Waals surface area contributed by atoms with Crippen molar-refractivity contribution < 1.29 is 4.79 Å². The summed E-state index contributed by atoms with van der Waals surface area (Å²) in [4.78, 5) is 22.0. The molecule has 1 aliphatic rings. The van der Waals surface area contributed by atoms with Crippen LogP contribution in [0.1, 0.15) is 34.8 Å². The number of rotatable bonds is 4. The van der Waals surface area contributed by atoms with Gasteiger partial charge in [0.2, 0.25) is 0 Å². The van der Waals surface area contributed by atoms with Crippen LogP contribution in [0.3, 0.4) is 0 Å². The maximum atomic E-state index is 13.0. The Morgan fingerprint density at radius 2 is 1.97 bits per heavy atom. The van der Waals surface area contributed by atoms with Gasteiger partial charge in [0, 0.05) is 47.9 Å². The number of hydrogen-bond donors (Lipinski definition) is 0. The molecule has 3 aromatic rings. The van der Waals surface area contributed by atoms with Crippen LogP contribution < -0.4 is 4.90 Å². The van der Waals surface area contributed by atoms with Gasteiger partial charge in [-0.3, -0.25) is 4.79 Å². The van der Waals surface area contributed by atoms with Crippen molar-refractivity contribution in [2.45, 2.75) is 33.2 Å². The van der Waals surface area contributed by atoms with E-state index in [0.29, 0.717) is 0 Å². The predicted molar refractivity (Wildman–Crippen MR) is 121 cm³/mol. The Morgan fingerprint density at radius 3 is 2.62 bits per heavy atom. The first-order valence-electron chi connectivity index (χ1n) is 10.2. The number of carbonyl (C=O) groups is 1. The van der Waals surface area contributed by atoms with Crippen LogP contribution in [-0.4, -0.2) is 41.5 Å². The van der Waals surface area contributed by atoms with Gasteiger partial charge in [0.25, 0.3) is 5.91 Å². The lowest BCUT2D eigenvalue weighted by molar-refractivity contribution is 0.0726. The molecule has 1 aromatic heterocycles. The summed E-state index contributed by atoms with van der Waals surface area (Å²) < 4.78 is 0. The zero-order valence-corrected chi connectivity index (χ0v) is 18.1. The molecule has 1 atom stereocenters. The topological polar surface area (TPSA) is 36.4 Å². The molecule has 150 valence electrons. The van der Waals surface area contributed by atoms with E-state index in [-0.39, 0.29) is 11.9 Å². The molecule has 1 amide bonds. The third-order valence-corrected chi connectivity index (χ3v) is 6.52. The molecule has 0 spiro atoms. The Morgan fingerprint density at radius 1 is 1.17 bits per heavy atom. The van der Waals surface area contributed by atoms with Gasteiger partial charge in [-0.2, -0.15) is 0 Å². The molecule has 4 nitrogen and oxygen atoms in total. The van der Waals surface area contributed by atoms with Gasteiger partial charge in [-0.05, 0) is 50.1 Å². The Kier molecular flexibility index (Phi) is 5.67. The number of hydrogen-bond acceptors (Lipinski definition) is 4. The van der Waals surface area contributed by atoms with E-state index < -0.39 is 0 Å². The summed E-state index contributed by atoms with van der Waals surface area (Å²) in [6.45, 7) is 8.76. The van der Waals surface area contributed by atoms with E-state index in [9.17, 15) is 4.79 Å². The summed E-state index contributed by atoms with van der Waals surface area (Å²) in [5.41, 5.74) is 5.31. The second-order valence-corrected chi connectivity index (χ2v) is 8.63.